The predicted molar refractivity (Wildman–Crippen MR) is 93.2 cm³/mol. The average Bonchev–Trinajstić information content (AvgIpc) is 2.38. The molecule has 1 atom stereocenters. The number of ether oxygens (including phenoxy) is 1. The molecule has 0 rings (SSSR count). The lowest BCUT2D eigenvalue weighted by molar-refractivity contribution is 0.0521. The first kappa shape index (κ1) is 20.6. The predicted octanol–water partition coefficient (Wildman–Crippen LogP) is 3.80. The van der Waals surface area contributed by atoms with Gasteiger partial charge in [-0.25, -0.2) is 4.79 Å². The first-order chi connectivity index (χ1) is 9.89. The Morgan fingerprint density at radius 3 is 2.52 bits per heavy atom. The molecule has 0 aromatic rings. The second-order valence-electron chi connectivity index (χ2n) is 6.38. The van der Waals surface area contributed by atoms with E-state index in [9.17, 15) is 4.79 Å². The van der Waals surface area contributed by atoms with E-state index in [1.807, 2.05) is 32.5 Å². The molecule has 5 heteroatoms. The highest BCUT2D eigenvalue weighted by Crippen LogP contribution is 2.07. The van der Waals surface area contributed by atoms with Gasteiger partial charge in [-0.2, -0.15) is 11.8 Å². The number of alkyl carbamates (subject to hydrolysis) is 1. The minimum atomic E-state index is -0.436. The SMILES string of the molecule is CCCCC(CNC(=O)OC(C)(C)C)NCCCCSC. The minimum Gasteiger partial charge on any atom is -0.444 e. The number of carbonyl (C=O) groups excluding carboxylic acids is 1. The molecule has 0 aliphatic rings. The van der Waals surface area contributed by atoms with E-state index >= 15 is 0 Å². The summed E-state index contributed by atoms with van der Waals surface area (Å²) in [5.41, 5.74) is -0.436. The second kappa shape index (κ2) is 12.2. The highest BCUT2D eigenvalue weighted by molar-refractivity contribution is 7.98. The summed E-state index contributed by atoms with van der Waals surface area (Å²) in [4.78, 5) is 11.7. The van der Waals surface area contributed by atoms with Crippen LogP contribution in [0.4, 0.5) is 4.79 Å². The van der Waals surface area contributed by atoms with Gasteiger partial charge in [-0.1, -0.05) is 19.8 Å². The zero-order valence-corrected chi connectivity index (χ0v) is 15.3. The van der Waals surface area contributed by atoms with Crippen LogP contribution in [-0.4, -0.2) is 42.8 Å². The minimum absolute atomic E-state index is 0.326. The average molecular weight is 319 g/mol. The van der Waals surface area contributed by atoms with Gasteiger partial charge in [0.2, 0.25) is 0 Å². The second-order valence-corrected chi connectivity index (χ2v) is 7.36. The Labute approximate surface area is 135 Å². The zero-order valence-electron chi connectivity index (χ0n) is 14.5. The molecule has 0 bridgehead atoms. The van der Waals surface area contributed by atoms with E-state index in [0.717, 1.165) is 13.0 Å². The summed E-state index contributed by atoms with van der Waals surface area (Å²) in [6, 6.07) is 0.340. The zero-order chi connectivity index (χ0) is 16.1. The fraction of sp³-hybridized carbons (Fsp3) is 0.938. The number of hydrogen-bond donors (Lipinski definition) is 2. The third kappa shape index (κ3) is 14.3. The molecule has 126 valence electrons. The Kier molecular flexibility index (Phi) is 11.9. The molecule has 0 saturated heterocycles. The molecule has 0 aliphatic carbocycles. The third-order valence-corrected chi connectivity index (χ3v) is 3.70. The molecule has 0 heterocycles. The number of thioether (sulfide) groups is 1. The molecule has 0 aliphatic heterocycles. The number of unbranched alkanes of at least 4 members (excludes halogenated alkanes) is 2. The lowest BCUT2D eigenvalue weighted by Crippen LogP contribution is -2.43. The molecule has 4 nitrogen and oxygen atoms in total. The van der Waals surface area contributed by atoms with Crippen molar-refractivity contribution in [2.45, 2.75) is 71.4 Å². The molecular weight excluding hydrogens is 284 g/mol. The van der Waals surface area contributed by atoms with Crippen molar-refractivity contribution in [1.82, 2.24) is 10.6 Å². The number of amides is 1. The first-order valence-electron chi connectivity index (χ1n) is 8.08. The van der Waals surface area contributed by atoms with Crippen molar-refractivity contribution in [3.05, 3.63) is 0 Å². The highest BCUT2D eigenvalue weighted by atomic mass is 32.2. The number of carbonyl (C=O) groups is 1. The molecule has 21 heavy (non-hydrogen) atoms. The van der Waals surface area contributed by atoms with E-state index in [2.05, 4.69) is 23.8 Å². The van der Waals surface area contributed by atoms with Gasteiger partial charge in [0.15, 0.2) is 0 Å². The van der Waals surface area contributed by atoms with Crippen LogP contribution >= 0.6 is 11.8 Å². The smallest absolute Gasteiger partial charge is 0.407 e. The van der Waals surface area contributed by atoms with E-state index in [0.29, 0.717) is 12.6 Å². The molecule has 0 aromatic heterocycles. The van der Waals surface area contributed by atoms with E-state index in [1.165, 1.54) is 31.4 Å². The van der Waals surface area contributed by atoms with Crippen LogP contribution in [-0.2, 0) is 4.74 Å². The Morgan fingerprint density at radius 2 is 1.95 bits per heavy atom. The van der Waals surface area contributed by atoms with Gasteiger partial charge in [-0.3, -0.25) is 0 Å². The van der Waals surface area contributed by atoms with Crippen molar-refractivity contribution in [1.29, 1.82) is 0 Å². The Balaban J connectivity index is 3.96. The van der Waals surface area contributed by atoms with E-state index in [4.69, 9.17) is 4.74 Å². The van der Waals surface area contributed by atoms with E-state index in [-0.39, 0.29) is 6.09 Å². The van der Waals surface area contributed by atoms with Crippen molar-refractivity contribution in [2.24, 2.45) is 0 Å². The van der Waals surface area contributed by atoms with Crippen LogP contribution in [0.15, 0.2) is 0 Å². The van der Waals surface area contributed by atoms with Crippen LogP contribution in [0.3, 0.4) is 0 Å². The van der Waals surface area contributed by atoms with E-state index < -0.39 is 5.60 Å². The topological polar surface area (TPSA) is 50.4 Å². The van der Waals surface area contributed by atoms with Gasteiger partial charge < -0.3 is 15.4 Å². The fourth-order valence-electron chi connectivity index (χ4n) is 1.93. The van der Waals surface area contributed by atoms with Crippen molar-refractivity contribution in [3.63, 3.8) is 0 Å². The summed E-state index contributed by atoms with van der Waals surface area (Å²) in [6.07, 6.45) is 7.70. The maximum atomic E-state index is 11.7. The van der Waals surface area contributed by atoms with Crippen LogP contribution in [0.5, 0.6) is 0 Å². The molecule has 0 fully saturated rings. The van der Waals surface area contributed by atoms with Crippen molar-refractivity contribution < 1.29 is 9.53 Å². The summed E-state index contributed by atoms with van der Waals surface area (Å²) in [7, 11) is 0. The van der Waals surface area contributed by atoms with Crippen molar-refractivity contribution in [3.8, 4) is 0 Å². The molecule has 0 spiro atoms. The molecule has 2 N–H and O–H groups in total. The van der Waals surface area contributed by atoms with Gasteiger partial charge in [0, 0.05) is 12.6 Å². The fourth-order valence-corrected chi connectivity index (χ4v) is 2.42. The normalized spacial score (nSPS) is 13.0. The summed E-state index contributed by atoms with van der Waals surface area (Å²) in [6.45, 7) is 9.49. The first-order valence-corrected chi connectivity index (χ1v) is 9.47. The highest BCUT2D eigenvalue weighted by Gasteiger charge is 2.17. The van der Waals surface area contributed by atoms with Gasteiger partial charge in [-0.05, 0) is 58.6 Å². The van der Waals surface area contributed by atoms with Crippen LogP contribution < -0.4 is 10.6 Å². The molecule has 1 amide bonds. The number of nitrogens with one attached hydrogen (secondary N) is 2. The lowest BCUT2D eigenvalue weighted by atomic mass is 10.1. The molecule has 1 unspecified atom stereocenters. The van der Waals surface area contributed by atoms with Crippen molar-refractivity contribution >= 4 is 17.9 Å². The summed E-state index contributed by atoms with van der Waals surface area (Å²) in [5.74, 6) is 1.22. The Bertz CT molecular complexity index is 267. The van der Waals surface area contributed by atoms with E-state index in [1.54, 1.807) is 0 Å². The van der Waals surface area contributed by atoms with Gasteiger partial charge in [0.1, 0.15) is 5.60 Å². The molecule has 0 aromatic carbocycles. The van der Waals surface area contributed by atoms with Crippen LogP contribution in [0.2, 0.25) is 0 Å². The van der Waals surface area contributed by atoms with Crippen LogP contribution in [0.1, 0.15) is 59.8 Å². The van der Waals surface area contributed by atoms with Gasteiger partial charge in [0.25, 0.3) is 0 Å². The largest absolute Gasteiger partial charge is 0.444 e. The quantitative estimate of drug-likeness (QED) is 0.569. The maximum absolute atomic E-state index is 11.7. The standard InChI is InChI=1S/C16H34N2O2S/c1-6-7-10-14(17-11-8-9-12-21-5)13-18-15(19)20-16(2,3)4/h14,17H,6-13H2,1-5H3,(H,18,19). The van der Waals surface area contributed by atoms with Crippen LogP contribution in [0.25, 0.3) is 0 Å². The Hall–Kier alpha value is -0.420. The molecule has 0 radical (unpaired) electrons. The number of rotatable bonds is 11. The monoisotopic (exact) mass is 318 g/mol. The third-order valence-electron chi connectivity index (χ3n) is 3.01. The maximum Gasteiger partial charge on any atom is 0.407 e. The Morgan fingerprint density at radius 1 is 1.24 bits per heavy atom. The molecular formula is C16H34N2O2S. The van der Waals surface area contributed by atoms with Gasteiger partial charge in [0.05, 0.1) is 0 Å². The number of hydrogen-bond acceptors (Lipinski definition) is 4. The van der Waals surface area contributed by atoms with Crippen LogP contribution in [0, 0.1) is 0 Å². The summed E-state index contributed by atoms with van der Waals surface area (Å²) < 4.78 is 5.27. The summed E-state index contributed by atoms with van der Waals surface area (Å²) in [5, 5.41) is 6.42. The van der Waals surface area contributed by atoms with Gasteiger partial charge >= 0.3 is 6.09 Å². The lowest BCUT2D eigenvalue weighted by Gasteiger charge is -2.22. The molecule has 0 saturated carbocycles. The summed E-state index contributed by atoms with van der Waals surface area (Å²) >= 11 is 1.89. The van der Waals surface area contributed by atoms with Gasteiger partial charge in [-0.15, -0.1) is 0 Å². The van der Waals surface area contributed by atoms with Crippen molar-refractivity contribution in [2.75, 3.05) is 25.1 Å².